The van der Waals surface area contributed by atoms with Gasteiger partial charge >= 0.3 is 5.97 Å². The number of rotatable bonds is 6. The van der Waals surface area contributed by atoms with E-state index in [1.165, 1.54) is 6.20 Å². The summed E-state index contributed by atoms with van der Waals surface area (Å²) >= 11 is 0. The lowest BCUT2D eigenvalue weighted by Gasteiger charge is -2.12. The Kier molecular flexibility index (Phi) is 5.42. The molecule has 0 atom stereocenters. The fourth-order valence-electron chi connectivity index (χ4n) is 1.51. The number of hydrogen-bond acceptors (Lipinski definition) is 5. The molecule has 0 aliphatic heterocycles. The molecule has 0 saturated carbocycles. The first-order chi connectivity index (χ1) is 9.31. The second-order valence-corrected chi connectivity index (χ2v) is 5.03. The van der Waals surface area contributed by atoms with Crippen molar-refractivity contribution in [3.05, 3.63) is 17.7 Å². The lowest BCUT2D eigenvalue weighted by molar-refractivity contribution is -0.119. The molecule has 0 fully saturated rings. The van der Waals surface area contributed by atoms with Crippen molar-refractivity contribution >= 4 is 17.6 Å². The summed E-state index contributed by atoms with van der Waals surface area (Å²) in [6, 6.07) is 0.0304. The number of anilines is 1. The van der Waals surface area contributed by atoms with Crippen molar-refractivity contribution in [2.24, 2.45) is 0 Å². The topological polar surface area (TPSA) is 104 Å². The van der Waals surface area contributed by atoms with E-state index in [0.29, 0.717) is 5.82 Å². The Morgan fingerprint density at radius 1 is 1.30 bits per heavy atom. The van der Waals surface area contributed by atoms with Crippen molar-refractivity contribution in [3.8, 4) is 0 Å². The van der Waals surface area contributed by atoms with E-state index in [1.54, 1.807) is 0 Å². The highest BCUT2D eigenvalue weighted by Gasteiger charge is 2.16. The molecule has 0 unspecified atom stereocenters. The molecule has 0 spiro atoms. The highest BCUT2D eigenvalue weighted by molar-refractivity contribution is 5.92. The zero-order valence-corrected chi connectivity index (χ0v) is 12.1. The van der Waals surface area contributed by atoms with Crippen molar-refractivity contribution in [1.29, 1.82) is 0 Å². The van der Waals surface area contributed by atoms with Crippen molar-refractivity contribution in [2.75, 3.05) is 11.9 Å². The van der Waals surface area contributed by atoms with Crippen LogP contribution in [0.15, 0.2) is 6.20 Å². The molecule has 7 nitrogen and oxygen atoms in total. The highest BCUT2D eigenvalue weighted by Crippen LogP contribution is 2.16. The van der Waals surface area contributed by atoms with Crippen molar-refractivity contribution in [2.45, 2.75) is 39.7 Å². The third-order valence-electron chi connectivity index (χ3n) is 2.42. The molecule has 0 aromatic carbocycles. The number of carbonyl (C=O) groups excluding carboxylic acids is 1. The van der Waals surface area contributed by atoms with Gasteiger partial charge in [-0.3, -0.25) is 4.79 Å². The molecule has 0 aliphatic rings. The predicted molar refractivity (Wildman–Crippen MR) is 74.8 cm³/mol. The van der Waals surface area contributed by atoms with Crippen molar-refractivity contribution in [1.82, 2.24) is 15.3 Å². The van der Waals surface area contributed by atoms with E-state index in [1.807, 2.05) is 27.7 Å². The van der Waals surface area contributed by atoms with Crippen LogP contribution < -0.4 is 10.6 Å². The van der Waals surface area contributed by atoms with Crippen LogP contribution in [0.1, 0.15) is 49.9 Å². The Morgan fingerprint density at radius 2 is 1.95 bits per heavy atom. The van der Waals surface area contributed by atoms with Crippen LogP contribution in [0.2, 0.25) is 0 Å². The maximum atomic E-state index is 11.5. The average molecular weight is 280 g/mol. The number of amides is 1. The number of nitrogens with zero attached hydrogens (tertiary/aromatic N) is 2. The van der Waals surface area contributed by atoms with Gasteiger partial charge in [-0.25, -0.2) is 14.8 Å². The van der Waals surface area contributed by atoms with Crippen LogP contribution in [0.3, 0.4) is 0 Å². The molecule has 110 valence electrons. The van der Waals surface area contributed by atoms with Crippen LogP contribution in [0.25, 0.3) is 0 Å². The SMILES string of the molecule is CC(C)NC(=O)CNc1cnc(C(C)C)nc1C(=O)O. The maximum absolute atomic E-state index is 11.5. The van der Waals surface area contributed by atoms with E-state index < -0.39 is 5.97 Å². The van der Waals surface area contributed by atoms with Gasteiger partial charge in [-0.2, -0.15) is 0 Å². The van der Waals surface area contributed by atoms with Gasteiger partial charge in [0.05, 0.1) is 18.4 Å². The zero-order chi connectivity index (χ0) is 15.3. The van der Waals surface area contributed by atoms with E-state index >= 15 is 0 Å². The second-order valence-electron chi connectivity index (χ2n) is 5.03. The predicted octanol–water partition coefficient (Wildman–Crippen LogP) is 1.23. The smallest absolute Gasteiger partial charge is 0.356 e. The third kappa shape index (κ3) is 4.49. The molecule has 3 N–H and O–H groups in total. The molecule has 0 bridgehead atoms. The van der Waals surface area contributed by atoms with Gasteiger partial charge < -0.3 is 15.7 Å². The fourth-order valence-corrected chi connectivity index (χ4v) is 1.51. The molecule has 1 amide bonds. The fraction of sp³-hybridized carbons (Fsp3) is 0.538. The molecule has 1 aromatic heterocycles. The number of aromatic carboxylic acids is 1. The minimum atomic E-state index is -1.15. The van der Waals surface area contributed by atoms with Crippen LogP contribution in [0.5, 0.6) is 0 Å². The molecule has 7 heteroatoms. The normalized spacial score (nSPS) is 10.7. The Bertz CT molecular complexity index is 500. The van der Waals surface area contributed by atoms with E-state index in [-0.39, 0.29) is 35.8 Å². The summed E-state index contributed by atoms with van der Waals surface area (Å²) in [5, 5.41) is 14.6. The first-order valence-electron chi connectivity index (χ1n) is 6.44. The summed E-state index contributed by atoms with van der Waals surface area (Å²) in [6.45, 7) is 7.43. The summed E-state index contributed by atoms with van der Waals surface area (Å²) in [6.07, 6.45) is 1.40. The largest absolute Gasteiger partial charge is 0.476 e. The number of carbonyl (C=O) groups is 2. The van der Waals surface area contributed by atoms with Gasteiger partial charge in [-0.15, -0.1) is 0 Å². The van der Waals surface area contributed by atoms with Gasteiger partial charge in [-0.1, -0.05) is 13.8 Å². The van der Waals surface area contributed by atoms with E-state index in [4.69, 9.17) is 5.11 Å². The number of carboxylic acid groups (broad SMARTS) is 1. The molecule has 0 radical (unpaired) electrons. The Morgan fingerprint density at radius 3 is 2.45 bits per heavy atom. The van der Waals surface area contributed by atoms with Gasteiger partial charge in [0.2, 0.25) is 5.91 Å². The molecule has 20 heavy (non-hydrogen) atoms. The average Bonchev–Trinajstić information content (AvgIpc) is 2.35. The maximum Gasteiger partial charge on any atom is 0.356 e. The summed E-state index contributed by atoms with van der Waals surface area (Å²) in [7, 11) is 0. The molecule has 1 rings (SSSR count). The van der Waals surface area contributed by atoms with E-state index in [0.717, 1.165) is 0 Å². The van der Waals surface area contributed by atoms with Gasteiger partial charge in [0, 0.05) is 12.0 Å². The molecular formula is C13H20N4O3. The lowest BCUT2D eigenvalue weighted by Crippen LogP contribution is -2.35. The third-order valence-corrected chi connectivity index (χ3v) is 2.42. The molecule has 0 aliphatic carbocycles. The first kappa shape index (κ1) is 15.9. The molecule has 1 heterocycles. The minimum absolute atomic E-state index is 0.0250. The quantitative estimate of drug-likeness (QED) is 0.724. The number of aromatic nitrogens is 2. The van der Waals surface area contributed by atoms with Crippen LogP contribution in [-0.4, -0.2) is 39.5 Å². The van der Waals surface area contributed by atoms with Crippen LogP contribution in [0, 0.1) is 0 Å². The Hall–Kier alpha value is -2.18. The summed E-state index contributed by atoms with van der Waals surface area (Å²) in [5.74, 6) is -0.878. The lowest BCUT2D eigenvalue weighted by atomic mass is 10.2. The van der Waals surface area contributed by atoms with Gasteiger partial charge in [0.25, 0.3) is 0 Å². The monoisotopic (exact) mass is 280 g/mol. The van der Waals surface area contributed by atoms with Crippen molar-refractivity contribution in [3.63, 3.8) is 0 Å². The first-order valence-corrected chi connectivity index (χ1v) is 6.44. The van der Waals surface area contributed by atoms with E-state index in [2.05, 4.69) is 20.6 Å². The zero-order valence-electron chi connectivity index (χ0n) is 12.1. The van der Waals surface area contributed by atoms with Gasteiger partial charge in [-0.05, 0) is 13.8 Å². The molecule has 1 aromatic rings. The molecular weight excluding hydrogens is 260 g/mol. The molecule has 0 saturated heterocycles. The van der Waals surface area contributed by atoms with Crippen molar-refractivity contribution < 1.29 is 14.7 Å². The van der Waals surface area contributed by atoms with Gasteiger partial charge in [0.15, 0.2) is 5.69 Å². The van der Waals surface area contributed by atoms with E-state index in [9.17, 15) is 9.59 Å². The van der Waals surface area contributed by atoms with Crippen LogP contribution in [-0.2, 0) is 4.79 Å². The Labute approximate surface area is 117 Å². The van der Waals surface area contributed by atoms with Crippen LogP contribution in [0.4, 0.5) is 5.69 Å². The number of hydrogen-bond donors (Lipinski definition) is 3. The standard InChI is InChI=1S/C13H20N4O3/c1-7(2)12-15-5-9(11(17-12)13(19)20)14-6-10(18)16-8(3)4/h5,7-8,14H,6H2,1-4H3,(H,16,18)(H,19,20). The minimum Gasteiger partial charge on any atom is -0.476 e. The highest BCUT2D eigenvalue weighted by atomic mass is 16.4. The Balaban J connectivity index is 2.84. The summed E-state index contributed by atoms with van der Waals surface area (Å²) in [5.41, 5.74) is 0.113. The number of carboxylic acids is 1. The summed E-state index contributed by atoms with van der Waals surface area (Å²) < 4.78 is 0. The van der Waals surface area contributed by atoms with Crippen LogP contribution >= 0.6 is 0 Å². The van der Waals surface area contributed by atoms with Gasteiger partial charge in [0.1, 0.15) is 5.82 Å². The summed E-state index contributed by atoms with van der Waals surface area (Å²) in [4.78, 5) is 30.8. The second kappa shape index (κ2) is 6.83. The number of nitrogens with one attached hydrogen (secondary N) is 2.